The third kappa shape index (κ3) is 4.43. The van der Waals surface area contributed by atoms with Crippen LogP contribution in [-0.2, 0) is 11.3 Å². The number of urea groups is 1. The lowest BCUT2D eigenvalue weighted by molar-refractivity contribution is -0.145. The Morgan fingerprint density at radius 3 is 2.77 bits per heavy atom. The first-order valence-corrected chi connectivity index (χ1v) is 11.9. The van der Waals surface area contributed by atoms with Crippen molar-refractivity contribution in [2.24, 2.45) is 11.8 Å². The van der Waals surface area contributed by atoms with Gasteiger partial charge in [0, 0.05) is 57.8 Å². The van der Waals surface area contributed by atoms with Crippen molar-refractivity contribution in [1.82, 2.24) is 20.0 Å². The van der Waals surface area contributed by atoms with Crippen LogP contribution in [0, 0.1) is 17.7 Å². The number of fused-ring (bicyclic) bond motifs is 4. The van der Waals surface area contributed by atoms with Crippen LogP contribution in [0.25, 0.3) is 0 Å². The summed E-state index contributed by atoms with van der Waals surface area (Å²) in [7, 11) is 0. The lowest BCUT2D eigenvalue weighted by atomic mass is 9.75. The van der Waals surface area contributed by atoms with Crippen LogP contribution in [0.2, 0.25) is 0 Å². The maximum absolute atomic E-state index is 13.3. The number of amides is 3. The molecule has 168 valence electrons. The van der Waals surface area contributed by atoms with Crippen LogP contribution in [0.4, 0.5) is 9.18 Å². The predicted octanol–water partition coefficient (Wildman–Crippen LogP) is 2.83. The topological polar surface area (TPSA) is 55.9 Å². The molecule has 0 aromatic heterocycles. The van der Waals surface area contributed by atoms with Crippen molar-refractivity contribution >= 4 is 11.9 Å². The highest BCUT2D eigenvalue weighted by Gasteiger charge is 2.45. The zero-order valence-corrected chi connectivity index (χ0v) is 18.1. The van der Waals surface area contributed by atoms with Crippen LogP contribution in [0.1, 0.15) is 44.1 Å². The van der Waals surface area contributed by atoms with Crippen LogP contribution < -0.4 is 5.32 Å². The number of rotatable bonds is 3. The molecular formula is C24H33FN4O2. The van der Waals surface area contributed by atoms with Gasteiger partial charge < -0.3 is 15.1 Å². The van der Waals surface area contributed by atoms with E-state index in [2.05, 4.69) is 15.1 Å². The number of hydrogen-bond acceptors (Lipinski definition) is 3. The summed E-state index contributed by atoms with van der Waals surface area (Å²) in [5.41, 5.74) is 0.776. The molecule has 0 radical (unpaired) electrons. The Labute approximate surface area is 183 Å². The van der Waals surface area contributed by atoms with E-state index in [0.29, 0.717) is 36.4 Å². The molecule has 4 saturated heterocycles. The number of piperidine rings is 4. The largest absolute Gasteiger partial charge is 0.339 e. The van der Waals surface area contributed by atoms with Gasteiger partial charge in [-0.15, -0.1) is 0 Å². The molecule has 0 saturated carbocycles. The highest BCUT2D eigenvalue weighted by Crippen LogP contribution is 2.39. The van der Waals surface area contributed by atoms with Gasteiger partial charge in [0.2, 0.25) is 5.91 Å². The zero-order valence-electron chi connectivity index (χ0n) is 18.1. The lowest BCUT2D eigenvalue weighted by Crippen LogP contribution is -2.62. The monoisotopic (exact) mass is 428 g/mol. The molecule has 4 aliphatic heterocycles. The molecule has 1 aromatic rings. The molecule has 0 aliphatic carbocycles. The number of likely N-dealkylation sites (tertiary alicyclic amines) is 2. The Bertz CT molecular complexity index is 826. The summed E-state index contributed by atoms with van der Waals surface area (Å²) in [4.78, 5) is 31.7. The second-order valence-corrected chi connectivity index (χ2v) is 9.83. The minimum atomic E-state index is -0.278. The normalized spacial score (nSPS) is 29.6. The molecular weight excluding hydrogens is 395 g/mol. The summed E-state index contributed by atoms with van der Waals surface area (Å²) < 4.78 is 13.3. The zero-order chi connectivity index (χ0) is 21.4. The fourth-order valence-electron chi connectivity index (χ4n) is 6.32. The molecule has 3 atom stereocenters. The average molecular weight is 429 g/mol. The first kappa shape index (κ1) is 20.7. The van der Waals surface area contributed by atoms with E-state index in [4.69, 9.17) is 0 Å². The molecule has 4 fully saturated rings. The van der Waals surface area contributed by atoms with Crippen molar-refractivity contribution in [3.8, 4) is 0 Å². The number of benzene rings is 1. The van der Waals surface area contributed by atoms with Crippen molar-refractivity contribution in [1.29, 1.82) is 0 Å². The fraction of sp³-hybridized carbons (Fsp3) is 0.667. The molecule has 3 amide bonds. The first-order chi connectivity index (χ1) is 15.1. The quantitative estimate of drug-likeness (QED) is 0.806. The maximum atomic E-state index is 13.3. The minimum Gasteiger partial charge on any atom is -0.339 e. The van der Waals surface area contributed by atoms with Gasteiger partial charge in [0.25, 0.3) is 0 Å². The van der Waals surface area contributed by atoms with Gasteiger partial charge in [-0.3, -0.25) is 9.69 Å². The molecule has 1 aromatic carbocycles. The standard InChI is InChI=1S/C24H33FN4O2/c25-20-4-1-3-17(12-20)13-26-24(31)27-9-7-21(8-10-27)28-14-18-11-19(16-28)22-5-2-6-23(30)29(22)15-18/h1,3-4,12,18-19,21-22H,2,5-11,13-16H2,(H,26,31)/t18?,19?,22-/m1/s1. The summed E-state index contributed by atoms with van der Waals surface area (Å²) in [6.07, 6.45) is 6.22. The lowest BCUT2D eigenvalue weighted by Gasteiger charge is -2.54. The summed E-state index contributed by atoms with van der Waals surface area (Å²) >= 11 is 0. The van der Waals surface area contributed by atoms with E-state index in [1.807, 2.05) is 11.0 Å². The Morgan fingerprint density at radius 1 is 1.13 bits per heavy atom. The van der Waals surface area contributed by atoms with E-state index in [1.54, 1.807) is 6.07 Å². The van der Waals surface area contributed by atoms with Gasteiger partial charge in [-0.05, 0) is 61.6 Å². The summed E-state index contributed by atoms with van der Waals surface area (Å²) in [5, 5.41) is 2.93. The molecule has 4 heterocycles. The summed E-state index contributed by atoms with van der Waals surface area (Å²) in [5.74, 6) is 1.31. The Balaban J connectivity index is 1.12. The van der Waals surface area contributed by atoms with E-state index in [9.17, 15) is 14.0 Å². The second kappa shape index (κ2) is 8.77. The van der Waals surface area contributed by atoms with Crippen molar-refractivity contribution in [2.45, 2.75) is 57.2 Å². The number of nitrogens with one attached hydrogen (secondary N) is 1. The molecule has 31 heavy (non-hydrogen) atoms. The van der Waals surface area contributed by atoms with Crippen LogP contribution in [0.5, 0.6) is 0 Å². The van der Waals surface area contributed by atoms with Gasteiger partial charge in [0.05, 0.1) is 0 Å². The van der Waals surface area contributed by atoms with Gasteiger partial charge in [0.1, 0.15) is 5.82 Å². The molecule has 2 bridgehead atoms. The van der Waals surface area contributed by atoms with Gasteiger partial charge in [-0.25, -0.2) is 9.18 Å². The molecule has 7 heteroatoms. The Morgan fingerprint density at radius 2 is 1.97 bits per heavy atom. The van der Waals surface area contributed by atoms with Gasteiger partial charge in [0.15, 0.2) is 0 Å². The molecule has 5 rings (SSSR count). The second-order valence-electron chi connectivity index (χ2n) is 9.83. The highest BCUT2D eigenvalue weighted by atomic mass is 19.1. The van der Waals surface area contributed by atoms with E-state index >= 15 is 0 Å². The molecule has 4 aliphatic rings. The summed E-state index contributed by atoms with van der Waals surface area (Å²) in [6, 6.07) is 7.28. The average Bonchev–Trinajstić information content (AvgIpc) is 2.78. The van der Waals surface area contributed by atoms with E-state index in [1.165, 1.54) is 25.0 Å². The summed E-state index contributed by atoms with van der Waals surface area (Å²) in [6.45, 7) is 5.00. The highest BCUT2D eigenvalue weighted by molar-refractivity contribution is 5.77. The van der Waals surface area contributed by atoms with Crippen LogP contribution >= 0.6 is 0 Å². The third-order valence-corrected chi connectivity index (χ3v) is 7.81. The Kier molecular flexibility index (Phi) is 5.87. The fourth-order valence-corrected chi connectivity index (χ4v) is 6.32. The number of halogens is 1. The van der Waals surface area contributed by atoms with E-state index in [-0.39, 0.29) is 11.8 Å². The molecule has 2 unspecified atom stereocenters. The SMILES string of the molecule is O=C(NCc1cccc(F)c1)N1CCC(N2CC3CC(C2)[C@H]2CCCC(=O)N2C3)CC1. The Hall–Kier alpha value is -2.15. The number of hydrogen-bond donors (Lipinski definition) is 1. The molecule has 1 N–H and O–H groups in total. The number of nitrogens with zero attached hydrogens (tertiary/aromatic N) is 3. The van der Waals surface area contributed by atoms with Gasteiger partial charge >= 0.3 is 6.03 Å². The third-order valence-electron chi connectivity index (χ3n) is 7.81. The molecule has 6 nitrogen and oxygen atoms in total. The van der Waals surface area contributed by atoms with E-state index < -0.39 is 0 Å². The van der Waals surface area contributed by atoms with E-state index in [0.717, 1.165) is 64.0 Å². The van der Waals surface area contributed by atoms with Crippen molar-refractivity contribution in [3.63, 3.8) is 0 Å². The maximum Gasteiger partial charge on any atom is 0.317 e. The van der Waals surface area contributed by atoms with Crippen molar-refractivity contribution in [3.05, 3.63) is 35.6 Å². The van der Waals surface area contributed by atoms with Crippen LogP contribution in [-0.4, -0.2) is 71.4 Å². The van der Waals surface area contributed by atoms with Gasteiger partial charge in [-0.2, -0.15) is 0 Å². The van der Waals surface area contributed by atoms with Crippen molar-refractivity contribution < 1.29 is 14.0 Å². The van der Waals surface area contributed by atoms with Crippen LogP contribution in [0.3, 0.4) is 0 Å². The van der Waals surface area contributed by atoms with Gasteiger partial charge in [-0.1, -0.05) is 12.1 Å². The number of carbonyl (C=O) groups excluding carboxylic acids is 2. The first-order valence-electron chi connectivity index (χ1n) is 11.9. The van der Waals surface area contributed by atoms with Crippen LogP contribution in [0.15, 0.2) is 24.3 Å². The molecule has 0 spiro atoms. The smallest absolute Gasteiger partial charge is 0.317 e. The minimum absolute atomic E-state index is 0.0606. The predicted molar refractivity (Wildman–Crippen MR) is 116 cm³/mol. The van der Waals surface area contributed by atoms with Crippen molar-refractivity contribution in [2.75, 3.05) is 32.7 Å². The number of carbonyl (C=O) groups is 2.